The van der Waals surface area contributed by atoms with Gasteiger partial charge in [-0.05, 0) is 42.3 Å². The highest BCUT2D eigenvalue weighted by molar-refractivity contribution is 5.93. The average molecular weight is 341 g/mol. The fraction of sp³-hybridized carbons (Fsp3) is 0.263. The molecule has 0 aliphatic rings. The van der Waals surface area contributed by atoms with E-state index in [1.165, 1.54) is 0 Å². The number of ether oxygens (including phenoxy) is 1. The average Bonchev–Trinajstić information content (AvgIpc) is 2.63. The topological polar surface area (TPSA) is 79.5 Å². The lowest BCUT2D eigenvalue weighted by Gasteiger charge is -2.10. The van der Waals surface area contributed by atoms with Crippen LogP contribution in [0.5, 0.6) is 5.75 Å². The molecule has 2 aromatic rings. The molecule has 0 aromatic heterocycles. The summed E-state index contributed by atoms with van der Waals surface area (Å²) < 4.78 is 5.57. The van der Waals surface area contributed by atoms with Crippen molar-refractivity contribution in [3.63, 3.8) is 0 Å². The minimum atomic E-state index is -0.261. The van der Waals surface area contributed by atoms with E-state index in [-0.39, 0.29) is 11.9 Å². The molecule has 6 heteroatoms. The summed E-state index contributed by atoms with van der Waals surface area (Å²) in [5.74, 6) is 0.657. The normalized spacial score (nSPS) is 10.0. The molecular weight excluding hydrogens is 318 g/mol. The molecule has 3 amide bonds. The SMILES string of the molecule is CNC(=O)c1ccc(CNC(=O)NCCOc2cccc(C)c2)cc1. The van der Waals surface area contributed by atoms with Crippen LogP contribution < -0.4 is 20.7 Å². The Morgan fingerprint density at radius 3 is 2.48 bits per heavy atom. The quantitative estimate of drug-likeness (QED) is 0.676. The van der Waals surface area contributed by atoms with Crippen LogP contribution in [0.3, 0.4) is 0 Å². The molecule has 0 aliphatic carbocycles. The maximum atomic E-state index is 11.8. The predicted octanol–water partition coefficient (Wildman–Crippen LogP) is 2.23. The largest absolute Gasteiger partial charge is 0.492 e. The summed E-state index contributed by atoms with van der Waals surface area (Å²) in [5.41, 5.74) is 2.63. The summed E-state index contributed by atoms with van der Waals surface area (Å²) in [4.78, 5) is 23.2. The third kappa shape index (κ3) is 6.18. The molecule has 0 saturated carbocycles. The number of carbonyl (C=O) groups excluding carboxylic acids is 2. The van der Waals surface area contributed by atoms with Gasteiger partial charge in [-0.25, -0.2) is 4.79 Å². The standard InChI is InChI=1S/C19H23N3O3/c1-14-4-3-5-17(12-14)25-11-10-21-19(24)22-13-15-6-8-16(9-7-15)18(23)20-2/h3-9,12H,10-11,13H2,1-2H3,(H,20,23)(H2,21,22,24). The zero-order valence-electron chi connectivity index (χ0n) is 14.5. The van der Waals surface area contributed by atoms with Gasteiger partial charge in [-0.1, -0.05) is 24.3 Å². The van der Waals surface area contributed by atoms with Crippen LogP contribution in [0, 0.1) is 6.92 Å². The smallest absolute Gasteiger partial charge is 0.315 e. The van der Waals surface area contributed by atoms with Gasteiger partial charge in [0.05, 0.1) is 6.54 Å². The van der Waals surface area contributed by atoms with Crippen molar-refractivity contribution in [3.05, 3.63) is 65.2 Å². The fourth-order valence-electron chi connectivity index (χ4n) is 2.20. The number of nitrogens with one attached hydrogen (secondary N) is 3. The van der Waals surface area contributed by atoms with E-state index >= 15 is 0 Å². The van der Waals surface area contributed by atoms with Gasteiger partial charge in [0.25, 0.3) is 5.91 Å². The molecule has 0 heterocycles. The number of urea groups is 1. The van der Waals surface area contributed by atoms with E-state index in [1.54, 1.807) is 19.2 Å². The van der Waals surface area contributed by atoms with Gasteiger partial charge < -0.3 is 20.7 Å². The van der Waals surface area contributed by atoms with Crippen LogP contribution in [0.2, 0.25) is 0 Å². The Morgan fingerprint density at radius 1 is 1.04 bits per heavy atom. The van der Waals surface area contributed by atoms with Crippen LogP contribution in [-0.4, -0.2) is 32.1 Å². The lowest BCUT2D eigenvalue weighted by atomic mass is 10.1. The van der Waals surface area contributed by atoms with Crippen molar-refractivity contribution in [1.82, 2.24) is 16.0 Å². The van der Waals surface area contributed by atoms with Crippen LogP contribution >= 0.6 is 0 Å². The number of hydrogen-bond acceptors (Lipinski definition) is 3. The molecule has 25 heavy (non-hydrogen) atoms. The maximum absolute atomic E-state index is 11.8. The van der Waals surface area contributed by atoms with Crippen LogP contribution in [-0.2, 0) is 6.54 Å². The van der Waals surface area contributed by atoms with Gasteiger partial charge >= 0.3 is 6.03 Å². The number of hydrogen-bond donors (Lipinski definition) is 3. The first-order valence-electron chi connectivity index (χ1n) is 8.10. The van der Waals surface area contributed by atoms with Crippen LogP contribution in [0.1, 0.15) is 21.5 Å². The van der Waals surface area contributed by atoms with Crippen molar-refractivity contribution >= 4 is 11.9 Å². The molecule has 132 valence electrons. The minimum Gasteiger partial charge on any atom is -0.492 e. The molecule has 0 aliphatic heterocycles. The highest BCUT2D eigenvalue weighted by Gasteiger charge is 2.04. The van der Waals surface area contributed by atoms with Crippen molar-refractivity contribution in [2.45, 2.75) is 13.5 Å². The van der Waals surface area contributed by atoms with E-state index in [9.17, 15) is 9.59 Å². The molecule has 2 aromatic carbocycles. The van der Waals surface area contributed by atoms with E-state index in [0.29, 0.717) is 25.3 Å². The van der Waals surface area contributed by atoms with Crippen LogP contribution in [0.15, 0.2) is 48.5 Å². The molecule has 3 N–H and O–H groups in total. The number of rotatable bonds is 7. The van der Waals surface area contributed by atoms with Crippen LogP contribution in [0.25, 0.3) is 0 Å². The van der Waals surface area contributed by atoms with Crippen molar-refractivity contribution in [1.29, 1.82) is 0 Å². The summed E-state index contributed by atoms with van der Waals surface area (Å²) in [5, 5.41) is 8.06. The first-order valence-corrected chi connectivity index (χ1v) is 8.10. The fourth-order valence-corrected chi connectivity index (χ4v) is 2.20. The van der Waals surface area contributed by atoms with Crippen LogP contribution in [0.4, 0.5) is 4.79 Å². The Bertz CT molecular complexity index is 714. The molecular formula is C19H23N3O3. The van der Waals surface area contributed by atoms with Crippen molar-refractivity contribution < 1.29 is 14.3 Å². The third-order valence-electron chi connectivity index (χ3n) is 3.54. The lowest BCUT2D eigenvalue weighted by Crippen LogP contribution is -2.37. The molecule has 0 unspecified atom stereocenters. The van der Waals surface area contributed by atoms with Crippen molar-refractivity contribution in [2.75, 3.05) is 20.2 Å². The molecule has 0 spiro atoms. The molecule has 0 saturated heterocycles. The molecule has 0 radical (unpaired) electrons. The number of amides is 3. The maximum Gasteiger partial charge on any atom is 0.315 e. The van der Waals surface area contributed by atoms with Gasteiger partial charge in [-0.2, -0.15) is 0 Å². The van der Waals surface area contributed by atoms with Gasteiger partial charge in [0.15, 0.2) is 0 Å². The highest BCUT2D eigenvalue weighted by Crippen LogP contribution is 2.11. The number of benzene rings is 2. The van der Waals surface area contributed by atoms with Gasteiger partial charge in [0.1, 0.15) is 12.4 Å². The molecule has 0 fully saturated rings. The number of carbonyl (C=O) groups is 2. The zero-order chi connectivity index (χ0) is 18.1. The van der Waals surface area contributed by atoms with E-state index in [1.807, 2.05) is 43.3 Å². The Hall–Kier alpha value is -3.02. The summed E-state index contributed by atoms with van der Waals surface area (Å²) in [6.07, 6.45) is 0. The monoisotopic (exact) mass is 341 g/mol. The van der Waals surface area contributed by atoms with Gasteiger partial charge in [-0.3, -0.25) is 4.79 Å². The highest BCUT2D eigenvalue weighted by atomic mass is 16.5. The first kappa shape index (κ1) is 18.3. The Kier molecular flexibility index (Phi) is 6.83. The van der Waals surface area contributed by atoms with E-state index in [0.717, 1.165) is 16.9 Å². The molecule has 0 atom stereocenters. The summed E-state index contributed by atoms with van der Waals surface area (Å²) >= 11 is 0. The van der Waals surface area contributed by atoms with Gasteiger partial charge in [0, 0.05) is 19.2 Å². The Morgan fingerprint density at radius 2 is 1.80 bits per heavy atom. The number of aryl methyl sites for hydroxylation is 1. The first-order chi connectivity index (χ1) is 12.1. The molecule has 2 rings (SSSR count). The van der Waals surface area contributed by atoms with Gasteiger partial charge in [0.2, 0.25) is 0 Å². The lowest BCUT2D eigenvalue weighted by molar-refractivity contribution is 0.0963. The second-order valence-electron chi connectivity index (χ2n) is 5.55. The second kappa shape index (κ2) is 9.32. The van der Waals surface area contributed by atoms with E-state index in [4.69, 9.17) is 4.74 Å². The summed E-state index contributed by atoms with van der Waals surface area (Å²) in [6, 6.07) is 14.6. The van der Waals surface area contributed by atoms with Crippen molar-refractivity contribution in [3.8, 4) is 5.75 Å². The Labute approximate surface area is 147 Å². The molecule has 6 nitrogen and oxygen atoms in total. The summed E-state index contributed by atoms with van der Waals surface area (Å²) in [6.45, 7) is 3.20. The Balaban J connectivity index is 1.66. The van der Waals surface area contributed by atoms with Crippen molar-refractivity contribution in [2.24, 2.45) is 0 Å². The molecule has 0 bridgehead atoms. The summed E-state index contributed by atoms with van der Waals surface area (Å²) in [7, 11) is 1.59. The van der Waals surface area contributed by atoms with E-state index in [2.05, 4.69) is 16.0 Å². The minimum absolute atomic E-state index is 0.133. The van der Waals surface area contributed by atoms with E-state index < -0.39 is 0 Å². The predicted molar refractivity (Wildman–Crippen MR) is 96.7 cm³/mol. The zero-order valence-corrected chi connectivity index (χ0v) is 14.5. The van der Waals surface area contributed by atoms with Gasteiger partial charge in [-0.15, -0.1) is 0 Å². The second-order valence-corrected chi connectivity index (χ2v) is 5.55. The third-order valence-corrected chi connectivity index (χ3v) is 3.54.